The van der Waals surface area contributed by atoms with E-state index < -0.39 is 6.43 Å². The van der Waals surface area contributed by atoms with Gasteiger partial charge in [0.15, 0.2) is 0 Å². The maximum Gasteiger partial charge on any atom is 0.251 e. The topological polar surface area (TPSA) is 43.7 Å². The Kier molecular flexibility index (Phi) is 7.04. The third-order valence-corrected chi connectivity index (χ3v) is 3.93. The molecular formula is C13H25F2NO2. The van der Waals surface area contributed by atoms with Crippen LogP contribution in [-0.2, 0) is 0 Å². The van der Waals surface area contributed by atoms with E-state index in [1.807, 2.05) is 0 Å². The van der Waals surface area contributed by atoms with Gasteiger partial charge < -0.3 is 10.2 Å². The molecule has 0 spiro atoms. The van der Waals surface area contributed by atoms with E-state index in [1.54, 1.807) is 4.90 Å². The third kappa shape index (κ3) is 5.16. The van der Waals surface area contributed by atoms with Gasteiger partial charge in [-0.25, -0.2) is 8.78 Å². The van der Waals surface area contributed by atoms with Crippen molar-refractivity contribution in [1.29, 1.82) is 0 Å². The molecule has 1 fully saturated rings. The molecular weight excluding hydrogens is 240 g/mol. The summed E-state index contributed by atoms with van der Waals surface area (Å²) in [6.07, 6.45) is 1.01. The van der Waals surface area contributed by atoms with Gasteiger partial charge in [-0.3, -0.25) is 4.90 Å². The molecule has 0 bridgehead atoms. The molecule has 1 saturated carbocycles. The van der Waals surface area contributed by atoms with Crippen molar-refractivity contribution in [2.45, 2.75) is 45.1 Å². The number of nitrogens with zero attached hydrogens (tertiary/aromatic N) is 1. The molecule has 0 aromatic rings. The van der Waals surface area contributed by atoms with Crippen LogP contribution in [0.25, 0.3) is 0 Å². The molecule has 1 aliphatic rings. The predicted octanol–water partition coefficient (Wildman–Crippen LogP) is 1.73. The van der Waals surface area contributed by atoms with Gasteiger partial charge in [-0.1, -0.05) is 13.3 Å². The Morgan fingerprint density at radius 3 is 2.61 bits per heavy atom. The van der Waals surface area contributed by atoms with Crippen LogP contribution >= 0.6 is 0 Å². The minimum absolute atomic E-state index is 0.0639. The fraction of sp³-hybridized carbons (Fsp3) is 1.00. The molecule has 0 aliphatic heterocycles. The van der Waals surface area contributed by atoms with E-state index in [4.69, 9.17) is 5.11 Å². The number of rotatable bonds is 7. The fourth-order valence-corrected chi connectivity index (χ4v) is 2.84. The van der Waals surface area contributed by atoms with E-state index >= 15 is 0 Å². The van der Waals surface area contributed by atoms with Crippen LogP contribution in [0.2, 0.25) is 0 Å². The zero-order valence-corrected chi connectivity index (χ0v) is 11.1. The molecule has 3 unspecified atom stereocenters. The van der Waals surface area contributed by atoms with Crippen molar-refractivity contribution in [1.82, 2.24) is 4.90 Å². The lowest BCUT2D eigenvalue weighted by Crippen LogP contribution is -2.41. The summed E-state index contributed by atoms with van der Waals surface area (Å²) >= 11 is 0. The lowest BCUT2D eigenvalue weighted by Gasteiger charge is -2.36. The summed E-state index contributed by atoms with van der Waals surface area (Å²) in [5.41, 5.74) is 0. The van der Waals surface area contributed by atoms with Crippen LogP contribution < -0.4 is 0 Å². The van der Waals surface area contributed by atoms with Gasteiger partial charge in [0.2, 0.25) is 0 Å². The predicted molar refractivity (Wildman–Crippen MR) is 66.7 cm³/mol. The Balaban J connectivity index is 2.49. The first-order chi connectivity index (χ1) is 8.56. The normalized spacial score (nSPS) is 29.2. The molecule has 3 atom stereocenters. The number of hydrogen-bond donors (Lipinski definition) is 2. The molecule has 108 valence electrons. The minimum Gasteiger partial charge on any atom is -0.395 e. The van der Waals surface area contributed by atoms with Gasteiger partial charge in [-0.15, -0.1) is 0 Å². The molecule has 18 heavy (non-hydrogen) atoms. The molecule has 0 amide bonds. The summed E-state index contributed by atoms with van der Waals surface area (Å²) in [7, 11) is 0. The van der Waals surface area contributed by atoms with Crippen molar-refractivity contribution in [2.75, 3.05) is 26.2 Å². The maximum atomic E-state index is 12.4. The van der Waals surface area contributed by atoms with Crippen molar-refractivity contribution < 1.29 is 19.0 Å². The minimum atomic E-state index is -2.39. The first-order valence-electron chi connectivity index (χ1n) is 6.86. The summed E-state index contributed by atoms with van der Waals surface area (Å²) in [5.74, 6) is 0.662. The second-order valence-corrected chi connectivity index (χ2v) is 5.29. The van der Waals surface area contributed by atoms with E-state index in [0.29, 0.717) is 12.5 Å². The molecule has 2 N–H and O–H groups in total. The summed E-state index contributed by atoms with van der Waals surface area (Å²) in [6.45, 7) is 2.41. The largest absolute Gasteiger partial charge is 0.395 e. The highest BCUT2D eigenvalue weighted by atomic mass is 19.3. The lowest BCUT2D eigenvalue weighted by atomic mass is 9.78. The van der Waals surface area contributed by atoms with Crippen molar-refractivity contribution in [2.24, 2.45) is 11.8 Å². The Morgan fingerprint density at radius 1 is 1.33 bits per heavy atom. The third-order valence-electron chi connectivity index (χ3n) is 3.93. The molecule has 0 radical (unpaired) electrons. The molecule has 0 aromatic heterocycles. The SMILES string of the molecule is CCC1CCC(O)C(CN(CCO)CC(F)F)C1. The van der Waals surface area contributed by atoms with E-state index in [2.05, 4.69) is 6.92 Å². The first kappa shape index (κ1) is 15.8. The number of halogens is 2. The van der Waals surface area contributed by atoms with Crippen LogP contribution in [0.3, 0.4) is 0 Å². The van der Waals surface area contributed by atoms with Gasteiger partial charge in [-0.2, -0.15) is 0 Å². The average Bonchev–Trinajstić information content (AvgIpc) is 2.31. The molecule has 0 aromatic carbocycles. The summed E-state index contributed by atoms with van der Waals surface area (Å²) in [4.78, 5) is 1.57. The molecule has 3 nitrogen and oxygen atoms in total. The first-order valence-corrected chi connectivity index (χ1v) is 6.86. The smallest absolute Gasteiger partial charge is 0.251 e. The number of aliphatic hydroxyl groups is 2. The van der Waals surface area contributed by atoms with Gasteiger partial charge in [0.25, 0.3) is 6.43 Å². The maximum absolute atomic E-state index is 12.4. The Labute approximate surface area is 108 Å². The van der Waals surface area contributed by atoms with Gasteiger partial charge in [0.05, 0.1) is 19.3 Å². The molecule has 0 saturated heterocycles. The van der Waals surface area contributed by atoms with Crippen LogP contribution in [0, 0.1) is 11.8 Å². The van der Waals surface area contributed by atoms with E-state index in [-0.39, 0.29) is 31.7 Å². The van der Waals surface area contributed by atoms with E-state index in [0.717, 1.165) is 25.7 Å². The lowest BCUT2D eigenvalue weighted by molar-refractivity contribution is 0.00817. The van der Waals surface area contributed by atoms with Crippen molar-refractivity contribution in [3.8, 4) is 0 Å². The standard InChI is InChI=1S/C13H25F2NO2/c1-2-10-3-4-12(18)11(7-10)8-16(5-6-17)9-13(14)15/h10-13,17-18H,2-9H2,1H3. The van der Waals surface area contributed by atoms with Crippen LogP contribution in [-0.4, -0.2) is 53.9 Å². The van der Waals surface area contributed by atoms with Crippen molar-refractivity contribution in [3.05, 3.63) is 0 Å². The fourth-order valence-electron chi connectivity index (χ4n) is 2.84. The second-order valence-electron chi connectivity index (χ2n) is 5.29. The highest BCUT2D eigenvalue weighted by Gasteiger charge is 2.30. The van der Waals surface area contributed by atoms with Gasteiger partial charge in [-0.05, 0) is 31.1 Å². The van der Waals surface area contributed by atoms with Crippen molar-refractivity contribution in [3.63, 3.8) is 0 Å². The second kappa shape index (κ2) is 8.02. The van der Waals surface area contributed by atoms with E-state index in [9.17, 15) is 13.9 Å². The van der Waals surface area contributed by atoms with Crippen LogP contribution in [0.1, 0.15) is 32.6 Å². The van der Waals surface area contributed by atoms with Gasteiger partial charge in [0.1, 0.15) is 0 Å². The van der Waals surface area contributed by atoms with E-state index in [1.165, 1.54) is 0 Å². The van der Waals surface area contributed by atoms with Crippen LogP contribution in [0.15, 0.2) is 0 Å². The van der Waals surface area contributed by atoms with Crippen LogP contribution in [0.5, 0.6) is 0 Å². The monoisotopic (exact) mass is 265 g/mol. The van der Waals surface area contributed by atoms with Gasteiger partial charge in [0, 0.05) is 13.1 Å². The Bertz CT molecular complexity index is 229. The number of aliphatic hydroxyl groups excluding tert-OH is 2. The highest BCUT2D eigenvalue weighted by Crippen LogP contribution is 2.31. The molecule has 1 rings (SSSR count). The zero-order valence-electron chi connectivity index (χ0n) is 11.1. The van der Waals surface area contributed by atoms with Crippen LogP contribution in [0.4, 0.5) is 8.78 Å². The quantitative estimate of drug-likeness (QED) is 0.737. The highest BCUT2D eigenvalue weighted by molar-refractivity contribution is 4.81. The summed E-state index contributed by atoms with van der Waals surface area (Å²) in [5, 5.41) is 18.9. The zero-order chi connectivity index (χ0) is 13.5. The summed E-state index contributed by atoms with van der Waals surface area (Å²) in [6, 6.07) is 0. The molecule has 5 heteroatoms. The number of alkyl halides is 2. The van der Waals surface area contributed by atoms with Crippen molar-refractivity contribution >= 4 is 0 Å². The number of hydrogen-bond acceptors (Lipinski definition) is 3. The summed E-state index contributed by atoms with van der Waals surface area (Å²) < 4.78 is 24.8. The Hall–Kier alpha value is -0.260. The molecule has 1 aliphatic carbocycles. The Morgan fingerprint density at radius 2 is 2.06 bits per heavy atom. The average molecular weight is 265 g/mol. The molecule has 0 heterocycles. The van der Waals surface area contributed by atoms with Gasteiger partial charge >= 0.3 is 0 Å².